The number of nitrogens with zero attached hydrogens (tertiary/aromatic N) is 1. The van der Waals surface area contributed by atoms with Crippen molar-refractivity contribution < 1.29 is 9.13 Å². The number of nitrogen functional groups attached to an aromatic ring is 1. The van der Waals surface area contributed by atoms with Crippen LogP contribution in [0.3, 0.4) is 0 Å². The summed E-state index contributed by atoms with van der Waals surface area (Å²) < 4.78 is 18.2. The van der Waals surface area contributed by atoms with Gasteiger partial charge in [0.15, 0.2) is 0 Å². The van der Waals surface area contributed by atoms with E-state index in [0.29, 0.717) is 12.2 Å². The van der Waals surface area contributed by atoms with Gasteiger partial charge >= 0.3 is 0 Å². The summed E-state index contributed by atoms with van der Waals surface area (Å²) in [5.74, 6) is 0.524. The molecule has 0 atom stereocenters. The molecule has 0 aliphatic heterocycles. The van der Waals surface area contributed by atoms with Gasteiger partial charge in [0, 0.05) is 36.6 Å². The van der Waals surface area contributed by atoms with Crippen LogP contribution in [-0.2, 0) is 6.54 Å². The summed E-state index contributed by atoms with van der Waals surface area (Å²) in [5.41, 5.74) is 8.37. The van der Waals surface area contributed by atoms with Gasteiger partial charge < -0.3 is 15.4 Å². The van der Waals surface area contributed by atoms with Crippen molar-refractivity contribution in [2.24, 2.45) is 0 Å². The minimum absolute atomic E-state index is 0.234. The first-order valence-corrected chi connectivity index (χ1v) is 5.99. The van der Waals surface area contributed by atoms with Crippen molar-refractivity contribution >= 4 is 11.4 Å². The Hall–Kier alpha value is -2.23. The molecule has 0 spiro atoms. The summed E-state index contributed by atoms with van der Waals surface area (Å²) >= 11 is 0. The summed E-state index contributed by atoms with van der Waals surface area (Å²) in [6.45, 7) is 0.662. The summed E-state index contributed by atoms with van der Waals surface area (Å²) in [7, 11) is 3.57. The maximum Gasteiger partial charge on any atom is 0.125 e. The third kappa shape index (κ3) is 3.16. The van der Waals surface area contributed by atoms with E-state index < -0.39 is 0 Å². The molecule has 0 bridgehead atoms. The SMILES string of the molecule is COc1cc(N)ccc1CN(C)c1ccc(F)cc1. The molecular weight excluding hydrogens is 243 g/mol. The van der Waals surface area contributed by atoms with Crippen LogP contribution in [0.25, 0.3) is 0 Å². The second kappa shape index (κ2) is 5.61. The highest BCUT2D eigenvalue weighted by Crippen LogP contribution is 2.24. The molecule has 0 fully saturated rings. The zero-order chi connectivity index (χ0) is 13.8. The van der Waals surface area contributed by atoms with Gasteiger partial charge in [0.05, 0.1) is 7.11 Å². The fourth-order valence-electron chi connectivity index (χ4n) is 1.93. The number of rotatable bonds is 4. The smallest absolute Gasteiger partial charge is 0.125 e. The van der Waals surface area contributed by atoms with Gasteiger partial charge in [0.25, 0.3) is 0 Å². The van der Waals surface area contributed by atoms with Crippen molar-refractivity contribution in [3.8, 4) is 5.75 Å². The predicted octanol–water partition coefficient (Wildman–Crippen LogP) is 3.05. The Bertz CT molecular complexity index is 555. The fourth-order valence-corrected chi connectivity index (χ4v) is 1.93. The lowest BCUT2D eigenvalue weighted by molar-refractivity contribution is 0.410. The predicted molar refractivity (Wildman–Crippen MR) is 75.9 cm³/mol. The molecule has 0 heterocycles. The highest BCUT2D eigenvalue weighted by molar-refractivity contribution is 5.51. The number of anilines is 2. The van der Waals surface area contributed by atoms with E-state index >= 15 is 0 Å². The number of halogens is 1. The van der Waals surface area contributed by atoms with Crippen molar-refractivity contribution in [2.75, 3.05) is 24.8 Å². The van der Waals surface area contributed by atoms with Crippen molar-refractivity contribution in [3.63, 3.8) is 0 Å². The number of benzene rings is 2. The van der Waals surface area contributed by atoms with Gasteiger partial charge in [0.1, 0.15) is 11.6 Å². The summed E-state index contributed by atoms with van der Waals surface area (Å²) in [6, 6.07) is 12.0. The van der Waals surface area contributed by atoms with Crippen LogP contribution in [0, 0.1) is 5.82 Å². The largest absolute Gasteiger partial charge is 0.496 e. The van der Waals surface area contributed by atoms with Crippen LogP contribution in [-0.4, -0.2) is 14.2 Å². The molecule has 0 amide bonds. The van der Waals surface area contributed by atoms with Crippen molar-refractivity contribution in [3.05, 3.63) is 53.8 Å². The van der Waals surface area contributed by atoms with Gasteiger partial charge in [-0.1, -0.05) is 6.07 Å². The number of nitrogens with two attached hydrogens (primary N) is 1. The molecule has 19 heavy (non-hydrogen) atoms. The number of ether oxygens (including phenoxy) is 1. The first-order chi connectivity index (χ1) is 9.10. The van der Waals surface area contributed by atoms with Gasteiger partial charge in [-0.25, -0.2) is 4.39 Å². The Morgan fingerprint density at radius 3 is 2.47 bits per heavy atom. The number of hydrogen-bond acceptors (Lipinski definition) is 3. The molecule has 0 unspecified atom stereocenters. The molecule has 0 radical (unpaired) electrons. The van der Waals surface area contributed by atoms with Crippen LogP contribution < -0.4 is 15.4 Å². The third-order valence-corrected chi connectivity index (χ3v) is 2.99. The first-order valence-electron chi connectivity index (χ1n) is 5.99. The molecule has 4 heteroatoms. The average molecular weight is 260 g/mol. The van der Waals surface area contributed by atoms with Gasteiger partial charge in [0.2, 0.25) is 0 Å². The molecule has 2 aromatic carbocycles. The van der Waals surface area contributed by atoms with Crippen LogP contribution in [0.2, 0.25) is 0 Å². The lowest BCUT2D eigenvalue weighted by Gasteiger charge is -2.21. The van der Waals surface area contributed by atoms with E-state index in [1.165, 1.54) is 12.1 Å². The molecule has 100 valence electrons. The van der Waals surface area contributed by atoms with Crippen LogP contribution in [0.15, 0.2) is 42.5 Å². The number of methoxy groups -OCH3 is 1. The summed E-state index contributed by atoms with van der Waals surface area (Å²) in [5, 5.41) is 0. The Morgan fingerprint density at radius 1 is 1.16 bits per heavy atom. The first kappa shape index (κ1) is 13.2. The van der Waals surface area contributed by atoms with E-state index in [-0.39, 0.29) is 5.82 Å². The monoisotopic (exact) mass is 260 g/mol. The lowest BCUT2D eigenvalue weighted by Crippen LogP contribution is -2.16. The Kier molecular flexibility index (Phi) is 3.90. The third-order valence-electron chi connectivity index (χ3n) is 2.99. The minimum atomic E-state index is -0.234. The van der Waals surface area contributed by atoms with E-state index in [0.717, 1.165) is 17.0 Å². The Labute approximate surface area is 112 Å². The second-order valence-corrected chi connectivity index (χ2v) is 4.40. The molecule has 0 aromatic heterocycles. The molecule has 0 saturated carbocycles. The van der Waals surface area contributed by atoms with Crippen LogP contribution in [0.1, 0.15) is 5.56 Å². The van der Waals surface area contributed by atoms with Crippen LogP contribution in [0.4, 0.5) is 15.8 Å². The van der Waals surface area contributed by atoms with E-state index in [1.54, 1.807) is 25.3 Å². The standard InChI is InChI=1S/C15H17FN2O/c1-18(14-7-4-12(16)5-8-14)10-11-3-6-13(17)9-15(11)19-2/h3-9H,10,17H2,1-2H3. The molecular formula is C15H17FN2O. The molecule has 3 nitrogen and oxygen atoms in total. The van der Waals surface area contributed by atoms with Crippen molar-refractivity contribution in [1.29, 1.82) is 0 Å². The lowest BCUT2D eigenvalue weighted by atomic mass is 10.1. The quantitative estimate of drug-likeness (QED) is 0.859. The summed E-state index contributed by atoms with van der Waals surface area (Å²) in [4.78, 5) is 2.02. The van der Waals surface area contributed by atoms with Gasteiger partial charge in [-0.2, -0.15) is 0 Å². The summed E-state index contributed by atoms with van der Waals surface area (Å²) in [6.07, 6.45) is 0. The van der Waals surface area contributed by atoms with Crippen LogP contribution in [0.5, 0.6) is 5.75 Å². The highest BCUT2D eigenvalue weighted by Gasteiger charge is 2.07. The molecule has 0 aliphatic rings. The second-order valence-electron chi connectivity index (χ2n) is 4.40. The van der Waals surface area contributed by atoms with E-state index in [9.17, 15) is 4.39 Å². The maximum absolute atomic E-state index is 12.9. The van der Waals surface area contributed by atoms with E-state index in [4.69, 9.17) is 10.5 Å². The molecule has 2 aromatic rings. The highest BCUT2D eigenvalue weighted by atomic mass is 19.1. The fraction of sp³-hybridized carbons (Fsp3) is 0.200. The molecule has 0 saturated heterocycles. The van der Waals surface area contributed by atoms with Gasteiger partial charge in [-0.05, 0) is 30.3 Å². The average Bonchev–Trinajstić information content (AvgIpc) is 2.41. The van der Waals surface area contributed by atoms with Crippen molar-refractivity contribution in [1.82, 2.24) is 0 Å². The Morgan fingerprint density at radius 2 is 1.84 bits per heavy atom. The normalized spacial score (nSPS) is 10.3. The topological polar surface area (TPSA) is 38.5 Å². The van der Waals surface area contributed by atoms with Gasteiger partial charge in [-0.15, -0.1) is 0 Å². The van der Waals surface area contributed by atoms with E-state index in [2.05, 4.69) is 0 Å². The molecule has 2 N–H and O–H groups in total. The van der Waals surface area contributed by atoms with Gasteiger partial charge in [-0.3, -0.25) is 0 Å². The zero-order valence-electron chi connectivity index (χ0n) is 11.1. The molecule has 2 rings (SSSR count). The molecule has 0 aliphatic carbocycles. The van der Waals surface area contributed by atoms with Crippen LogP contribution >= 0.6 is 0 Å². The minimum Gasteiger partial charge on any atom is -0.496 e. The Balaban J connectivity index is 2.18. The maximum atomic E-state index is 12.9. The van der Waals surface area contributed by atoms with Crippen molar-refractivity contribution in [2.45, 2.75) is 6.54 Å². The van der Waals surface area contributed by atoms with E-state index in [1.807, 2.05) is 24.1 Å². The zero-order valence-corrected chi connectivity index (χ0v) is 11.1. The number of hydrogen-bond donors (Lipinski definition) is 1.